The van der Waals surface area contributed by atoms with E-state index in [1.807, 2.05) is 12.1 Å². The van der Waals surface area contributed by atoms with E-state index < -0.39 is 6.09 Å². The molecular weight excluding hydrogens is 326 g/mol. The highest BCUT2D eigenvalue weighted by Crippen LogP contribution is 2.26. The first-order valence-electron chi connectivity index (χ1n) is 4.41. The standard InChI is InChI=1S/C10H11Br2NO2/c1-6(2)15-10(14)13-9-4-3-7(11)5-8(9)12/h3-6H,1-2H3,(H,13,14). The molecule has 0 aliphatic rings. The zero-order valence-corrected chi connectivity index (χ0v) is 11.6. The molecule has 3 nitrogen and oxygen atoms in total. The maximum atomic E-state index is 11.3. The molecular formula is C10H11Br2NO2. The lowest BCUT2D eigenvalue weighted by Gasteiger charge is -2.10. The molecule has 0 bridgehead atoms. The number of rotatable bonds is 2. The van der Waals surface area contributed by atoms with Crippen LogP contribution in [0.4, 0.5) is 10.5 Å². The normalized spacial score (nSPS) is 10.2. The first-order chi connectivity index (χ1) is 6.99. The average Bonchev–Trinajstić information content (AvgIpc) is 2.08. The third-order valence-corrected chi connectivity index (χ3v) is 2.66. The number of benzene rings is 1. The van der Waals surface area contributed by atoms with E-state index in [2.05, 4.69) is 37.2 Å². The molecule has 15 heavy (non-hydrogen) atoms. The molecule has 0 saturated heterocycles. The highest BCUT2D eigenvalue weighted by Gasteiger charge is 2.07. The van der Waals surface area contributed by atoms with Gasteiger partial charge in [-0.3, -0.25) is 5.32 Å². The zero-order valence-electron chi connectivity index (χ0n) is 8.38. The minimum atomic E-state index is -0.451. The number of hydrogen-bond acceptors (Lipinski definition) is 2. The van der Waals surface area contributed by atoms with Crippen LogP contribution in [0.2, 0.25) is 0 Å². The van der Waals surface area contributed by atoms with Gasteiger partial charge in [-0.1, -0.05) is 15.9 Å². The number of amides is 1. The number of carbonyl (C=O) groups excluding carboxylic acids is 1. The first kappa shape index (κ1) is 12.5. The van der Waals surface area contributed by atoms with Gasteiger partial charge in [0.1, 0.15) is 0 Å². The molecule has 1 aromatic rings. The van der Waals surface area contributed by atoms with Gasteiger partial charge in [0.05, 0.1) is 11.8 Å². The molecule has 1 amide bonds. The number of hydrogen-bond donors (Lipinski definition) is 1. The molecule has 1 aromatic carbocycles. The quantitative estimate of drug-likeness (QED) is 0.880. The highest BCUT2D eigenvalue weighted by molar-refractivity contribution is 9.11. The molecule has 1 N–H and O–H groups in total. The molecule has 82 valence electrons. The average molecular weight is 337 g/mol. The van der Waals surface area contributed by atoms with Crippen molar-refractivity contribution in [3.63, 3.8) is 0 Å². The van der Waals surface area contributed by atoms with Crippen molar-refractivity contribution in [1.82, 2.24) is 0 Å². The van der Waals surface area contributed by atoms with Crippen LogP contribution >= 0.6 is 31.9 Å². The second-order valence-electron chi connectivity index (χ2n) is 3.20. The minimum Gasteiger partial charge on any atom is -0.447 e. The Morgan fingerprint density at radius 1 is 1.40 bits per heavy atom. The SMILES string of the molecule is CC(C)OC(=O)Nc1ccc(Br)cc1Br. The molecule has 0 spiro atoms. The number of ether oxygens (including phenoxy) is 1. The number of nitrogens with one attached hydrogen (secondary N) is 1. The summed E-state index contributed by atoms with van der Waals surface area (Å²) >= 11 is 6.67. The van der Waals surface area contributed by atoms with E-state index in [1.54, 1.807) is 19.9 Å². The zero-order chi connectivity index (χ0) is 11.4. The molecule has 0 fully saturated rings. The van der Waals surface area contributed by atoms with Gasteiger partial charge in [-0.2, -0.15) is 0 Å². The summed E-state index contributed by atoms with van der Waals surface area (Å²) in [5.41, 5.74) is 0.684. The van der Waals surface area contributed by atoms with Crippen molar-refractivity contribution in [1.29, 1.82) is 0 Å². The van der Waals surface area contributed by atoms with E-state index in [-0.39, 0.29) is 6.10 Å². The Morgan fingerprint density at radius 2 is 2.07 bits per heavy atom. The Kier molecular flexibility index (Phi) is 4.60. The van der Waals surface area contributed by atoms with Crippen molar-refractivity contribution in [3.05, 3.63) is 27.1 Å². The Morgan fingerprint density at radius 3 is 2.60 bits per heavy atom. The van der Waals surface area contributed by atoms with Crippen molar-refractivity contribution in [2.45, 2.75) is 20.0 Å². The van der Waals surface area contributed by atoms with Crippen LogP contribution in [0, 0.1) is 0 Å². The molecule has 0 aliphatic carbocycles. The molecule has 0 unspecified atom stereocenters. The van der Waals surface area contributed by atoms with Crippen molar-refractivity contribution >= 4 is 43.6 Å². The molecule has 0 aromatic heterocycles. The maximum absolute atomic E-state index is 11.3. The van der Waals surface area contributed by atoms with Crippen LogP contribution in [0.25, 0.3) is 0 Å². The Hall–Kier alpha value is -0.550. The smallest absolute Gasteiger partial charge is 0.411 e. The van der Waals surface area contributed by atoms with Gasteiger partial charge in [0.15, 0.2) is 0 Å². The van der Waals surface area contributed by atoms with E-state index >= 15 is 0 Å². The predicted molar refractivity (Wildman–Crippen MR) is 67.1 cm³/mol. The second kappa shape index (κ2) is 5.51. The summed E-state index contributed by atoms with van der Waals surface area (Å²) in [5.74, 6) is 0. The van der Waals surface area contributed by atoms with E-state index in [0.717, 1.165) is 8.95 Å². The Labute approximate surface area is 105 Å². The van der Waals surface area contributed by atoms with Crippen LogP contribution in [0.3, 0.4) is 0 Å². The van der Waals surface area contributed by atoms with Crippen LogP contribution in [0.5, 0.6) is 0 Å². The van der Waals surface area contributed by atoms with Crippen molar-refractivity contribution < 1.29 is 9.53 Å². The summed E-state index contributed by atoms with van der Waals surface area (Å²) in [5, 5.41) is 2.64. The Bertz CT molecular complexity index is 366. The molecule has 0 atom stereocenters. The molecule has 5 heteroatoms. The number of anilines is 1. The van der Waals surface area contributed by atoms with Gasteiger partial charge in [-0.05, 0) is 48.0 Å². The third-order valence-electron chi connectivity index (χ3n) is 1.51. The lowest BCUT2D eigenvalue weighted by molar-refractivity contribution is 0.130. The fourth-order valence-corrected chi connectivity index (χ4v) is 2.09. The summed E-state index contributed by atoms with van der Waals surface area (Å²) in [6.07, 6.45) is -0.577. The van der Waals surface area contributed by atoms with Crippen LogP contribution in [-0.2, 0) is 4.74 Å². The number of halogens is 2. The molecule has 1 rings (SSSR count). The molecule has 0 saturated carbocycles. The van der Waals surface area contributed by atoms with Crippen LogP contribution < -0.4 is 5.32 Å². The minimum absolute atomic E-state index is 0.126. The van der Waals surface area contributed by atoms with Gasteiger partial charge in [0.25, 0.3) is 0 Å². The van der Waals surface area contributed by atoms with Gasteiger partial charge >= 0.3 is 6.09 Å². The largest absolute Gasteiger partial charge is 0.447 e. The third kappa shape index (κ3) is 4.22. The topological polar surface area (TPSA) is 38.3 Å². The maximum Gasteiger partial charge on any atom is 0.411 e. The van der Waals surface area contributed by atoms with Gasteiger partial charge in [-0.25, -0.2) is 4.79 Å². The van der Waals surface area contributed by atoms with E-state index in [1.165, 1.54) is 0 Å². The first-order valence-corrected chi connectivity index (χ1v) is 6.00. The van der Waals surface area contributed by atoms with E-state index in [9.17, 15) is 4.79 Å². The van der Waals surface area contributed by atoms with Gasteiger partial charge in [0.2, 0.25) is 0 Å². The number of carbonyl (C=O) groups is 1. The fraction of sp³-hybridized carbons (Fsp3) is 0.300. The van der Waals surface area contributed by atoms with Crippen molar-refractivity contribution in [2.75, 3.05) is 5.32 Å². The van der Waals surface area contributed by atoms with E-state index in [0.29, 0.717) is 5.69 Å². The fourth-order valence-electron chi connectivity index (χ4n) is 0.944. The second-order valence-corrected chi connectivity index (χ2v) is 4.97. The monoisotopic (exact) mass is 335 g/mol. The molecule has 0 heterocycles. The highest BCUT2D eigenvalue weighted by atomic mass is 79.9. The summed E-state index contributed by atoms with van der Waals surface area (Å²) in [4.78, 5) is 11.3. The molecule has 0 radical (unpaired) electrons. The lowest BCUT2D eigenvalue weighted by Crippen LogP contribution is -2.18. The van der Waals surface area contributed by atoms with Crippen molar-refractivity contribution in [2.24, 2.45) is 0 Å². The summed E-state index contributed by atoms with van der Waals surface area (Å²) < 4.78 is 6.70. The summed E-state index contributed by atoms with van der Waals surface area (Å²) in [6, 6.07) is 5.48. The predicted octanol–water partition coefficient (Wildman–Crippen LogP) is 4.17. The van der Waals surface area contributed by atoms with E-state index in [4.69, 9.17) is 4.74 Å². The van der Waals surface area contributed by atoms with Gasteiger partial charge in [-0.15, -0.1) is 0 Å². The summed E-state index contributed by atoms with van der Waals surface area (Å²) in [7, 11) is 0. The molecule has 0 aliphatic heterocycles. The van der Waals surface area contributed by atoms with Crippen molar-refractivity contribution in [3.8, 4) is 0 Å². The van der Waals surface area contributed by atoms with Gasteiger partial charge in [0, 0.05) is 8.95 Å². The van der Waals surface area contributed by atoms with Crippen LogP contribution in [0.15, 0.2) is 27.1 Å². The van der Waals surface area contributed by atoms with Crippen LogP contribution in [0.1, 0.15) is 13.8 Å². The summed E-state index contributed by atoms with van der Waals surface area (Å²) in [6.45, 7) is 3.60. The van der Waals surface area contributed by atoms with Crippen LogP contribution in [-0.4, -0.2) is 12.2 Å². The van der Waals surface area contributed by atoms with Gasteiger partial charge < -0.3 is 4.74 Å². The Balaban J connectivity index is 2.68. The lowest BCUT2D eigenvalue weighted by atomic mass is 10.3.